The molecule has 0 aliphatic heterocycles. The van der Waals surface area contributed by atoms with Gasteiger partial charge in [0.2, 0.25) is 12.3 Å². The maximum Gasteiger partial charge on any atom is 0.234 e. The van der Waals surface area contributed by atoms with Crippen molar-refractivity contribution in [2.45, 2.75) is 59.4 Å². The number of amides is 2. The lowest BCUT2D eigenvalue weighted by Crippen LogP contribution is -2.45. The van der Waals surface area contributed by atoms with E-state index in [1.165, 1.54) is 18.9 Å². The van der Waals surface area contributed by atoms with Gasteiger partial charge in [0.15, 0.2) is 11.6 Å². The Bertz CT molecular complexity index is 711. The van der Waals surface area contributed by atoms with Crippen molar-refractivity contribution in [3.63, 3.8) is 0 Å². The normalized spacial score (nSPS) is 13.8. The van der Waals surface area contributed by atoms with Gasteiger partial charge in [-0.25, -0.2) is 4.39 Å². The number of carbonyl (C=O) groups is 2. The average molecular weight is 481 g/mol. The highest BCUT2D eigenvalue weighted by Gasteiger charge is 2.31. The van der Waals surface area contributed by atoms with Crippen molar-refractivity contribution in [3.05, 3.63) is 29.6 Å². The standard InChI is InChI=1S/C22H35FN4O3.C4H10/c1-3-25-21(29)15-27(2)14-20(17-9-10-17)26-12-13-30-22-18(6-4-8-19(22)23)7-5-11-24-16-28;1-4(2)3/h4,6,8,16-17,20,26H,3,5,7,9-15H2,1-2H3,(H,24,28)(H,25,29);4H,1-3H3. The Hall–Kier alpha value is -2.19. The Labute approximate surface area is 205 Å². The number of hydrogen-bond acceptors (Lipinski definition) is 5. The first kappa shape index (κ1) is 29.8. The van der Waals surface area contributed by atoms with E-state index in [0.717, 1.165) is 24.4 Å². The lowest BCUT2D eigenvalue weighted by molar-refractivity contribution is -0.121. The highest BCUT2D eigenvalue weighted by molar-refractivity contribution is 5.77. The SMILES string of the molecule is CC(C)C.CCNC(=O)CN(C)CC(NCCOc1c(F)cccc1CCCNC=O)C1CC1. The topological polar surface area (TPSA) is 82.7 Å². The summed E-state index contributed by atoms with van der Waals surface area (Å²) in [7, 11) is 1.95. The highest BCUT2D eigenvalue weighted by atomic mass is 19.1. The molecule has 1 aliphatic carbocycles. The minimum absolute atomic E-state index is 0.0355. The number of halogens is 1. The molecule has 1 unspecified atom stereocenters. The molecule has 1 atom stereocenters. The number of para-hydroxylation sites is 1. The molecule has 8 heteroatoms. The Kier molecular flexibility index (Phi) is 15.2. The van der Waals surface area contributed by atoms with Gasteiger partial charge >= 0.3 is 0 Å². The van der Waals surface area contributed by atoms with Crippen LogP contribution in [-0.4, -0.2) is 69.6 Å². The molecule has 0 saturated heterocycles. The van der Waals surface area contributed by atoms with Crippen molar-refractivity contribution in [1.29, 1.82) is 0 Å². The van der Waals surface area contributed by atoms with E-state index in [0.29, 0.717) is 63.3 Å². The summed E-state index contributed by atoms with van der Waals surface area (Å²) in [5.41, 5.74) is 0.808. The van der Waals surface area contributed by atoms with Crippen LogP contribution in [0, 0.1) is 17.7 Å². The van der Waals surface area contributed by atoms with Crippen LogP contribution < -0.4 is 20.7 Å². The summed E-state index contributed by atoms with van der Waals surface area (Å²) < 4.78 is 20.0. The van der Waals surface area contributed by atoms with E-state index in [2.05, 4.69) is 36.7 Å². The number of hydrogen-bond donors (Lipinski definition) is 3. The summed E-state index contributed by atoms with van der Waals surface area (Å²) in [6.45, 7) is 11.7. The number of nitrogens with zero attached hydrogens (tertiary/aromatic N) is 1. The minimum Gasteiger partial charge on any atom is -0.489 e. The first-order valence-electron chi connectivity index (χ1n) is 12.5. The molecule has 194 valence electrons. The van der Waals surface area contributed by atoms with E-state index in [9.17, 15) is 14.0 Å². The van der Waals surface area contributed by atoms with Crippen molar-refractivity contribution in [3.8, 4) is 5.75 Å². The number of carbonyl (C=O) groups excluding carboxylic acids is 2. The summed E-state index contributed by atoms with van der Waals surface area (Å²) in [4.78, 5) is 24.1. The predicted molar refractivity (Wildman–Crippen MR) is 135 cm³/mol. The lowest BCUT2D eigenvalue weighted by atomic mass is 10.1. The fourth-order valence-corrected chi connectivity index (χ4v) is 3.53. The van der Waals surface area contributed by atoms with E-state index in [1.54, 1.807) is 6.07 Å². The Balaban J connectivity index is 0.00000133. The van der Waals surface area contributed by atoms with Gasteiger partial charge in [-0.3, -0.25) is 14.5 Å². The second-order valence-electron chi connectivity index (χ2n) is 9.53. The van der Waals surface area contributed by atoms with Crippen LogP contribution in [0.15, 0.2) is 18.2 Å². The van der Waals surface area contributed by atoms with Gasteiger partial charge in [0.25, 0.3) is 0 Å². The van der Waals surface area contributed by atoms with Crippen LogP contribution in [0.25, 0.3) is 0 Å². The number of aryl methyl sites for hydroxylation is 1. The second kappa shape index (κ2) is 17.3. The molecule has 0 bridgehead atoms. The van der Waals surface area contributed by atoms with Gasteiger partial charge in [0, 0.05) is 32.2 Å². The molecular weight excluding hydrogens is 435 g/mol. The molecule has 0 spiro atoms. The molecule has 1 fully saturated rings. The van der Waals surface area contributed by atoms with Crippen molar-refractivity contribution in [2.75, 3.05) is 46.4 Å². The van der Waals surface area contributed by atoms with Gasteiger partial charge in [-0.05, 0) is 63.1 Å². The average Bonchev–Trinajstić information content (AvgIpc) is 3.60. The summed E-state index contributed by atoms with van der Waals surface area (Å²) in [6, 6.07) is 5.23. The van der Waals surface area contributed by atoms with Crippen molar-refractivity contribution in [1.82, 2.24) is 20.9 Å². The molecule has 1 saturated carbocycles. The first-order valence-corrected chi connectivity index (χ1v) is 12.5. The number of nitrogens with one attached hydrogen (secondary N) is 3. The third kappa shape index (κ3) is 13.5. The predicted octanol–water partition coefficient (Wildman–Crippen LogP) is 2.98. The lowest BCUT2D eigenvalue weighted by Gasteiger charge is -2.25. The number of rotatable bonds is 16. The van der Waals surface area contributed by atoms with Crippen LogP contribution in [0.1, 0.15) is 52.5 Å². The van der Waals surface area contributed by atoms with Gasteiger partial charge in [-0.15, -0.1) is 0 Å². The van der Waals surface area contributed by atoms with E-state index in [-0.39, 0.29) is 11.7 Å². The van der Waals surface area contributed by atoms with E-state index in [1.807, 2.05) is 24.9 Å². The molecule has 1 aliphatic rings. The summed E-state index contributed by atoms with van der Waals surface area (Å²) >= 11 is 0. The van der Waals surface area contributed by atoms with Gasteiger partial charge < -0.3 is 20.7 Å². The quantitative estimate of drug-likeness (QED) is 0.250. The highest BCUT2D eigenvalue weighted by Crippen LogP contribution is 2.33. The van der Waals surface area contributed by atoms with Crippen LogP contribution in [-0.2, 0) is 16.0 Å². The Morgan fingerprint density at radius 3 is 2.59 bits per heavy atom. The van der Waals surface area contributed by atoms with Gasteiger partial charge in [0.1, 0.15) is 6.61 Å². The zero-order valence-electron chi connectivity index (χ0n) is 21.7. The van der Waals surface area contributed by atoms with Crippen LogP contribution in [0.5, 0.6) is 5.75 Å². The molecule has 1 aromatic rings. The van der Waals surface area contributed by atoms with Crippen molar-refractivity contribution in [2.24, 2.45) is 11.8 Å². The van der Waals surface area contributed by atoms with Crippen LogP contribution in [0.4, 0.5) is 4.39 Å². The zero-order valence-corrected chi connectivity index (χ0v) is 21.7. The maximum absolute atomic E-state index is 14.2. The molecule has 0 heterocycles. The van der Waals surface area contributed by atoms with Crippen molar-refractivity contribution >= 4 is 12.3 Å². The molecule has 34 heavy (non-hydrogen) atoms. The molecule has 2 rings (SSSR count). The molecule has 7 nitrogen and oxygen atoms in total. The largest absolute Gasteiger partial charge is 0.489 e. The molecular formula is C26H45FN4O3. The van der Waals surface area contributed by atoms with Gasteiger partial charge in [-0.2, -0.15) is 0 Å². The zero-order chi connectivity index (χ0) is 25.3. The van der Waals surface area contributed by atoms with Crippen LogP contribution in [0.2, 0.25) is 0 Å². The molecule has 0 aromatic heterocycles. The van der Waals surface area contributed by atoms with Crippen LogP contribution in [0.3, 0.4) is 0 Å². The van der Waals surface area contributed by atoms with Crippen molar-refractivity contribution < 1.29 is 18.7 Å². The maximum atomic E-state index is 14.2. The molecule has 2 amide bonds. The third-order valence-corrected chi connectivity index (χ3v) is 5.14. The Morgan fingerprint density at radius 1 is 1.26 bits per heavy atom. The second-order valence-corrected chi connectivity index (χ2v) is 9.53. The fraction of sp³-hybridized carbons (Fsp3) is 0.692. The number of likely N-dealkylation sites (N-methyl/N-ethyl adjacent to an activating group) is 2. The van der Waals surface area contributed by atoms with Gasteiger partial charge in [-0.1, -0.05) is 32.9 Å². The first-order chi connectivity index (χ1) is 16.3. The van der Waals surface area contributed by atoms with Gasteiger partial charge in [0.05, 0.1) is 6.54 Å². The fourth-order valence-electron chi connectivity index (χ4n) is 3.53. The third-order valence-electron chi connectivity index (χ3n) is 5.14. The minimum atomic E-state index is -0.365. The smallest absolute Gasteiger partial charge is 0.234 e. The molecule has 1 aromatic carbocycles. The number of benzene rings is 1. The van der Waals surface area contributed by atoms with E-state index < -0.39 is 0 Å². The Morgan fingerprint density at radius 2 is 1.97 bits per heavy atom. The van der Waals surface area contributed by atoms with E-state index in [4.69, 9.17) is 4.74 Å². The van der Waals surface area contributed by atoms with E-state index >= 15 is 0 Å². The molecule has 3 N–H and O–H groups in total. The summed E-state index contributed by atoms with van der Waals surface area (Å²) in [6.07, 6.45) is 4.41. The summed E-state index contributed by atoms with van der Waals surface area (Å²) in [5.74, 6) is 1.42. The molecule has 0 radical (unpaired) electrons. The number of ether oxygens (including phenoxy) is 1. The van der Waals surface area contributed by atoms with Crippen LogP contribution >= 0.6 is 0 Å². The monoisotopic (exact) mass is 480 g/mol. The summed E-state index contributed by atoms with van der Waals surface area (Å²) in [5, 5.41) is 8.95.